The van der Waals surface area contributed by atoms with E-state index in [4.69, 9.17) is 5.11 Å². The van der Waals surface area contributed by atoms with Gasteiger partial charge in [0.05, 0.1) is 6.42 Å². The molecule has 1 unspecified atom stereocenters. The minimum absolute atomic E-state index is 0.0666. The standard InChI is InChI=1S/C16H16N2O3/c1-11(10-15(19)20)12-5-7-13(8-6-12)18-16(21)14-4-2-3-9-17-14/h2-9,11H,10H2,1H3,(H,18,21)(H,19,20). The zero-order chi connectivity index (χ0) is 15.2. The minimum atomic E-state index is -0.824. The fourth-order valence-corrected chi connectivity index (χ4v) is 1.97. The van der Waals surface area contributed by atoms with Gasteiger partial charge in [-0.2, -0.15) is 0 Å². The number of anilines is 1. The monoisotopic (exact) mass is 284 g/mol. The third kappa shape index (κ3) is 4.14. The van der Waals surface area contributed by atoms with Gasteiger partial charge in [-0.3, -0.25) is 14.6 Å². The molecule has 1 aromatic carbocycles. The molecule has 21 heavy (non-hydrogen) atoms. The minimum Gasteiger partial charge on any atom is -0.481 e. The lowest BCUT2D eigenvalue weighted by molar-refractivity contribution is -0.137. The maximum Gasteiger partial charge on any atom is 0.303 e. The zero-order valence-corrected chi connectivity index (χ0v) is 11.6. The summed E-state index contributed by atoms with van der Waals surface area (Å²) in [6.07, 6.45) is 1.64. The molecule has 0 aliphatic heterocycles. The highest BCUT2D eigenvalue weighted by atomic mass is 16.4. The van der Waals surface area contributed by atoms with Crippen molar-refractivity contribution in [1.82, 2.24) is 4.98 Å². The van der Waals surface area contributed by atoms with Gasteiger partial charge in [0.1, 0.15) is 5.69 Å². The molecule has 0 aliphatic carbocycles. The molecule has 1 heterocycles. The van der Waals surface area contributed by atoms with Crippen molar-refractivity contribution in [3.05, 3.63) is 59.9 Å². The Morgan fingerprint density at radius 2 is 1.90 bits per heavy atom. The number of nitrogens with zero attached hydrogens (tertiary/aromatic N) is 1. The number of rotatable bonds is 5. The van der Waals surface area contributed by atoms with E-state index in [1.54, 1.807) is 36.5 Å². The molecule has 2 rings (SSSR count). The van der Waals surface area contributed by atoms with E-state index in [2.05, 4.69) is 10.3 Å². The molecule has 0 saturated heterocycles. The Hall–Kier alpha value is -2.69. The highest BCUT2D eigenvalue weighted by Crippen LogP contribution is 2.21. The van der Waals surface area contributed by atoms with E-state index < -0.39 is 5.97 Å². The number of benzene rings is 1. The number of nitrogens with one attached hydrogen (secondary N) is 1. The Balaban J connectivity index is 2.03. The maximum absolute atomic E-state index is 11.9. The molecule has 1 atom stereocenters. The SMILES string of the molecule is CC(CC(=O)O)c1ccc(NC(=O)c2ccccn2)cc1. The van der Waals surface area contributed by atoms with Crippen LogP contribution in [0.15, 0.2) is 48.7 Å². The average molecular weight is 284 g/mol. The summed E-state index contributed by atoms with van der Waals surface area (Å²) in [5.41, 5.74) is 1.92. The number of carbonyl (C=O) groups is 2. The van der Waals surface area contributed by atoms with Crippen LogP contribution in [-0.4, -0.2) is 22.0 Å². The number of aromatic nitrogens is 1. The molecule has 0 saturated carbocycles. The fourth-order valence-electron chi connectivity index (χ4n) is 1.97. The number of hydrogen-bond donors (Lipinski definition) is 2. The van der Waals surface area contributed by atoms with Crippen molar-refractivity contribution in [2.24, 2.45) is 0 Å². The van der Waals surface area contributed by atoms with E-state index in [1.807, 2.05) is 19.1 Å². The second-order valence-electron chi connectivity index (χ2n) is 4.79. The van der Waals surface area contributed by atoms with Gasteiger partial charge in [-0.15, -0.1) is 0 Å². The van der Waals surface area contributed by atoms with E-state index in [-0.39, 0.29) is 18.2 Å². The van der Waals surface area contributed by atoms with Crippen molar-refractivity contribution in [2.75, 3.05) is 5.32 Å². The molecule has 1 amide bonds. The van der Waals surface area contributed by atoms with Gasteiger partial charge >= 0.3 is 5.97 Å². The molecule has 5 nitrogen and oxygen atoms in total. The van der Waals surface area contributed by atoms with Crippen molar-refractivity contribution >= 4 is 17.6 Å². The van der Waals surface area contributed by atoms with Crippen LogP contribution in [0.3, 0.4) is 0 Å². The quantitative estimate of drug-likeness (QED) is 0.884. The number of hydrogen-bond acceptors (Lipinski definition) is 3. The molecule has 108 valence electrons. The van der Waals surface area contributed by atoms with Gasteiger partial charge in [0, 0.05) is 11.9 Å². The molecule has 1 aromatic heterocycles. The molecular formula is C16H16N2O3. The van der Waals surface area contributed by atoms with Crippen molar-refractivity contribution < 1.29 is 14.7 Å². The first-order chi connectivity index (χ1) is 10.1. The molecule has 2 aromatic rings. The number of amides is 1. The second kappa shape index (κ2) is 6.65. The number of carbonyl (C=O) groups excluding carboxylic acids is 1. The molecule has 0 aliphatic rings. The first kappa shape index (κ1) is 14.7. The molecule has 5 heteroatoms. The van der Waals surface area contributed by atoms with Gasteiger partial charge in [0.15, 0.2) is 0 Å². The van der Waals surface area contributed by atoms with Gasteiger partial charge in [-0.25, -0.2) is 0 Å². The second-order valence-corrected chi connectivity index (χ2v) is 4.79. The summed E-state index contributed by atoms with van der Waals surface area (Å²) >= 11 is 0. The van der Waals surface area contributed by atoms with Crippen LogP contribution < -0.4 is 5.32 Å². The summed E-state index contributed by atoms with van der Waals surface area (Å²) in [6.45, 7) is 1.86. The molecule has 0 fully saturated rings. The zero-order valence-electron chi connectivity index (χ0n) is 11.6. The number of carboxylic acids is 1. The summed E-state index contributed by atoms with van der Waals surface area (Å²) < 4.78 is 0. The van der Waals surface area contributed by atoms with Crippen molar-refractivity contribution in [2.45, 2.75) is 19.3 Å². The van der Waals surface area contributed by atoms with Gasteiger partial charge in [-0.1, -0.05) is 25.1 Å². The van der Waals surface area contributed by atoms with Crippen LogP contribution in [-0.2, 0) is 4.79 Å². The molecule has 0 spiro atoms. The molecule has 2 N–H and O–H groups in total. The molecule has 0 radical (unpaired) electrons. The lowest BCUT2D eigenvalue weighted by Gasteiger charge is -2.10. The van der Waals surface area contributed by atoms with Crippen LogP contribution in [0, 0.1) is 0 Å². The van der Waals surface area contributed by atoms with Crippen LogP contribution in [0.4, 0.5) is 5.69 Å². The van der Waals surface area contributed by atoms with E-state index in [1.165, 1.54) is 0 Å². The largest absolute Gasteiger partial charge is 0.481 e. The van der Waals surface area contributed by atoms with E-state index in [0.29, 0.717) is 11.4 Å². The predicted octanol–water partition coefficient (Wildman–Crippen LogP) is 2.91. The first-order valence-electron chi connectivity index (χ1n) is 6.60. The van der Waals surface area contributed by atoms with Crippen LogP contribution >= 0.6 is 0 Å². The lowest BCUT2D eigenvalue weighted by Crippen LogP contribution is -2.13. The molecular weight excluding hydrogens is 268 g/mol. The highest BCUT2D eigenvalue weighted by Gasteiger charge is 2.11. The van der Waals surface area contributed by atoms with Crippen molar-refractivity contribution in [3.8, 4) is 0 Å². The third-order valence-corrected chi connectivity index (χ3v) is 3.12. The number of pyridine rings is 1. The van der Waals surface area contributed by atoms with Crippen LogP contribution in [0.1, 0.15) is 35.3 Å². The Morgan fingerprint density at radius 1 is 1.19 bits per heavy atom. The number of aliphatic carboxylic acids is 1. The Labute approximate surface area is 122 Å². The fraction of sp³-hybridized carbons (Fsp3) is 0.188. The van der Waals surface area contributed by atoms with Gasteiger partial charge in [0.25, 0.3) is 5.91 Å². The van der Waals surface area contributed by atoms with Crippen molar-refractivity contribution in [1.29, 1.82) is 0 Å². The van der Waals surface area contributed by atoms with Crippen LogP contribution in [0.5, 0.6) is 0 Å². The summed E-state index contributed by atoms with van der Waals surface area (Å²) in [6, 6.07) is 12.3. The van der Waals surface area contributed by atoms with E-state index in [9.17, 15) is 9.59 Å². The van der Waals surface area contributed by atoms with Crippen molar-refractivity contribution in [3.63, 3.8) is 0 Å². The topological polar surface area (TPSA) is 79.3 Å². The highest BCUT2D eigenvalue weighted by molar-refractivity contribution is 6.02. The van der Waals surface area contributed by atoms with Crippen LogP contribution in [0.25, 0.3) is 0 Å². The normalized spacial score (nSPS) is 11.7. The predicted molar refractivity (Wildman–Crippen MR) is 79.3 cm³/mol. The maximum atomic E-state index is 11.9. The van der Waals surface area contributed by atoms with Gasteiger partial charge in [0.2, 0.25) is 0 Å². The lowest BCUT2D eigenvalue weighted by atomic mass is 9.98. The Morgan fingerprint density at radius 3 is 2.48 bits per heavy atom. The smallest absolute Gasteiger partial charge is 0.303 e. The van der Waals surface area contributed by atoms with Gasteiger partial charge < -0.3 is 10.4 Å². The Bertz CT molecular complexity index is 624. The molecule has 0 bridgehead atoms. The average Bonchev–Trinajstić information content (AvgIpc) is 2.48. The summed E-state index contributed by atoms with van der Waals surface area (Å²) in [7, 11) is 0. The first-order valence-corrected chi connectivity index (χ1v) is 6.60. The van der Waals surface area contributed by atoms with Crippen LogP contribution in [0.2, 0.25) is 0 Å². The summed E-state index contributed by atoms with van der Waals surface area (Å²) in [4.78, 5) is 26.6. The summed E-state index contributed by atoms with van der Waals surface area (Å²) in [5.74, 6) is -1.17. The van der Waals surface area contributed by atoms with E-state index in [0.717, 1.165) is 5.56 Å². The van der Waals surface area contributed by atoms with E-state index >= 15 is 0 Å². The number of carboxylic acid groups (broad SMARTS) is 1. The van der Waals surface area contributed by atoms with Gasteiger partial charge in [-0.05, 0) is 35.7 Å². The summed E-state index contributed by atoms with van der Waals surface area (Å²) in [5, 5.41) is 11.5. The Kier molecular flexibility index (Phi) is 4.66. The third-order valence-electron chi connectivity index (χ3n) is 3.12.